The second-order valence-corrected chi connectivity index (χ2v) is 5.34. The fraction of sp³-hybridized carbons (Fsp3) is 0.556. The molecule has 0 saturated carbocycles. The summed E-state index contributed by atoms with van der Waals surface area (Å²) in [6.45, 7) is 4.17. The Kier molecular flexibility index (Phi) is 8.96. The molecule has 0 unspecified atom stereocenters. The molecule has 1 aromatic rings. The first-order valence-corrected chi connectivity index (χ1v) is 8.17. The van der Waals surface area contributed by atoms with Gasteiger partial charge in [-0.3, -0.25) is 9.59 Å². The van der Waals surface area contributed by atoms with E-state index in [0.717, 1.165) is 38.5 Å². The van der Waals surface area contributed by atoms with Crippen LogP contribution in [0.15, 0.2) is 24.3 Å². The van der Waals surface area contributed by atoms with Gasteiger partial charge in [-0.2, -0.15) is 0 Å². The van der Waals surface area contributed by atoms with Gasteiger partial charge in [0.15, 0.2) is 0 Å². The third-order valence-corrected chi connectivity index (χ3v) is 3.24. The van der Waals surface area contributed by atoms with Crippen LogP contribution in [0.3, 0.4) is 0 Å². The molecule has 122 valence electrons. The predicted molar refractivity (Wildman–Crippen MR) is 86.0 cm³/mol. The van der Waals surface area contributed by atoms with Crippen molar-refractivity contribution in [2.75, 3.05) is 0 Å². The summed E-state index contributed by atoms with van der Waals surface area (Å²) in [5, 5.41) is 0. The van der Waals surface area contributed by atoms with Crippen molar-refractivity contribution in [3.8, 4) is 11.5 Å². The molecule has 0 heterocycles. The molecule has 0 saturated heterocycles. The quantitative estimate of drug-likeness (QED) is 0.358. The van der Waals surface area contributed by atoms with Crippen molar-refractivity contribution in [1.82, 2.24) is 0 Å². The van der Waals surface area contributed by atoms with Gasteiger partial charge in [0.1, 0.15) is 11.5 Å². The SMILES string of the molecule is CCCCCC(=O)Oc1cccc(OC(=O)CCCCC)c1. The van der Waals surface area contributed by atoms with Crippen LogP contribution in [0.25, 0.3) is 0 Å². The van der Waals surface area contributed by atoms with Crippen LogP contribution in [0.4, 0.5) is 0 Å². The summed E-state index contributed by atoms with van der Waals surface area (Å²) in [6, 6.07) is 6.66. The van der Waals surface area contributed by atoms with Crippen molar-refractivity contribution in [1.29, 1.82) is 0 Å². The van der Waals surface area contributed by atoms with E-state index in [1.807, 2.05) is 0 Å². The lowest BCUT2D eigenvalue weighted by molar-refractivity contribution is -0.135. The van der Waals surface area contributed by atoms with E-state index in [4.69, 9.17) is 9.47 Å². The molecule has 1 aromatic carbocycles. The first kappa shape index (κ1) is 18.2. The van der Waals surface area contributed by atoms with Gasteiger partial charge in [-0.15, -0.1) is 0 Å². The molecule has 0 aliphatic carbocycles. The van der Waals surface area contributed by atoms with Gasteiger partial charge in [0.2, 0.25) is 0 Å². The van der Waals surface area contributed by atoms with E-state index in [-0.39, 0.29) is 11.9 Å². The molecule has 4 nitrogen and oxygen atoms in total. The highest BCUT2D eigenvalue weighted by molar-refractivity contribution is 5.74. The smallest absolute Gasteiger partial charge is 0.311 e. The van der Waals surface area contributed by atoms with E-state index in [9.17, 15) is 9.59 Å². The van der Waals surface area contributed by atoms with Gasteiger partial charge in [-0.1, -0.05) is 45.6 Å². The maximum atomic E-state index is 11.7. The van der Waals surface area contributed by atoms with E-state index in [1.54, 1.807) is 24.3 Å². The Balaban J connectivity index is 2.44. The summed E-state index contributed by atoms with van der Waals surface area (Å²) in [6.07, 6.45) is 6.66. The Morgan fingerprint density at radius 3 is 1.68 bits per heavy atom. The van der Waals surface area contributed by atoms with Crippen LogP contribution in [-0.2, 0) is 9.59 Å². The molecule has 0 amide bonds. The standard InChI is InChI=1S/C18H26O4/c1-3-5-7-12-17(19)21-15-10-9-11-16(14-15)22-18(20)13-8-6-4-2/h9-11,14H,3-8,12-13H2,1-2H3. The van der Waals surface area contributed by atoms with E-state index in [2.05, 4.69) is 13.8 Å². The molecule has 0 spiro atoms. The second-order valence-electron chi connectivity index (χ2n) is 5.34. The van der Waals surface area contributed by atoms with Crippen molar-refractivity contribution in [3.05, 3.63) is 24.3 Å². The number of hydrogen-bond donors (Lipinski definition) is 0. The maximum absolute atomic E-state index is 11.7. The van der Waals surface area contributed by atoms with Crippen LogP contribution < -0.4 is 9.47 Å². The van der Waals surface area contributed by atoms with Gasteiger partial charge in [0.05, 0.1) is 0 Å². The minimum atomic E-state index is -0.250. The zero-order chi connectivity index (χ0) is 16.2. The second kappa shape index (κ2) is 10.8. The summed E-state index contributed by atoms with van der Waals surface area (Å²) < 4.78 is 10.5. The summed E-state index contributed by atoms with van der Waals surface area (Å²) in [4.78, 5) is 23.3. The highest BCUT2D eigenvalue weighted by Gasteiger charge is 2.08. The summed E-state index contributed by atoms with van der Waals surface area (Å²) >= 11 is 0. The number of esters is 2. The lowest BCUT2D eigenvalue weighted by Gasteiger charge is -2.07. The molecule has 22 heavy (non-hydrogen) atoms. The Bertz CT molecular complexity index is 429. The molecule has 0 atom stereocenters. The molecule has 0 fully saturated rings. The van der Waals surface area contributed by atoms with Crippen molar-refractivity contribution in [2.24, 2.45) is 0 Å². The molecule has 0 radical (unpaired) electrons. The first-order chi connectivity index (χ1) is 10.7. The van der Waals surface area contributed by atoms with Crippen molar-refractivity contribution in [3.63, 3.8) is 0 Å². The van der Waals surface area contributed by atoms with Crippen LogP contribution in [0.2, 0.25) is 0 Å². The van der Waals surface area contributed by atoms with Crippen LogP contribution in [0.1, 0.15) is 65.2 Å². The van der Waals surface area contributed by atoms with E-state index in [0.29, 0.717) is 24.3 Å². The average molecular weight is 306 g/mol. The van der Waals surface area contributed by atoms with Crippen LogP contribution in [0.5, 0.6) is 11.5 Å². The summed E-state index contributed by atoms with van der Waals surface area (Å²) in [5.74, 6) is 0.334. The van der Waals surface area contributed by atoms with Gasteiger partial charge >= 0.3 is 11.9 Å². The molecular formula is C18H26O4. The zero-order valence-electron chi connectivity index (χ0n) is 13.6. The van der Waals surface area contributed by atoms with Gasteiger partial charge in [0, 0.05) is 18.9 Å². The lowest BCUT2D eigenvalue weighted by Crippen LogP contribution is -2.09. The molecule has 0 N–H and O–H groups in total. The average Bonchev–Trinajstić information content (AvgIpc) is 2.48. The largest absolute Gasteiger partial charge is 0.426 e. The molecule has 1 rings (SSSR count). The predicted octanol–water partition coefficient (Wildman–Crippen LogP) is 4.66. The maximum Gasteiger partial charge on any atom is 0.311 e. The van der Waals surface area contributed by atoms with Gasteiger partial charge in [-0.25, -0.2) is 0 Å². The normalized spacial score (nSPS) is 10.3. The monoisotopic (exact) mass is 306 g/mol. The number of unbranched alkanes of at least 4 members (excludes halogenated alkanes) is 4. The fourth-order valence-corrected chi connectivity index (χ4v) is 2.00. The van der Waals surface area contributed by atoms with E-state index in [1.165, 1.54) is 0 Å². The van der Waals surface area contributed by atoms with Crippen LogP contribution in [-0.4, -0.2) is 11.9 Å². The van der Waals surface area contributed by atoms with Gasteiger partial charge in [-0.05, 0) is 25.0 Å². The number of benzene rings is 1. The van der Waals surface area contributed by atoms with Crippen LogP contribution >= 0.6 is 0 Å². The molecule has 0 aliphatic heterocycles. The Hall–Kier alpha value is -1.84. The Morgan fingerprint density at radius 1 is 0.818 bits per heavy atom. The van der Waals surface area contributed by atoms with Gasteiger partial charge in [0.25, 0.3) is 0 Å². The fourth-order valence-electron chi connectivity index (χ4n) is 2.00. The molecule has 0 aromatic heterocycles. The minimum absolute atomic E-state index is 0.250. The molecule has 4 heteroatoms. The van der Waals surface area contributed by atoms with Crippen molar-refractivity contribution in [2.45, 2.75) is 65.2 Å². The number of hydrogen-bond acceptors (Lipinski definition) is 4. The van der Waals surface area contributed by atoms with Gasteiger partial charge < -0.3 is 9.47 Å². The number of carbonyl (C=O) groups excluding carboxylic acids is 2. The van der Waals surface area contributed by atoms with E-state index >= 15 is 0 Å². The minimum Gasteiger partial charge on any atom is -0.426 e. The highest BCUT2D eigenvalue weighted by Crippen LogP contribution is 2.21. The summed E-state index contributed by atoms with van der Waals surface area (Å²) in [7, 11) is 0. The first-order valence-electron chi connectivity index (χ1n) is 8.17. The van der Waals surface area contributed by atoms with Crippen molar-refractivity contribution < 1.29 is 19.1 Å². The molecular weight excluding hydrogens is 280 g/mol. The third kappa shape index (κ3) is 7.81. The number of rotatable bonds is 10. The summed E-state index contributed by atoms with van der Waals surface area (Å²) in [5.41, 5.74) is 0. The molecule has 0 aliphatic rings. The number of ether oxygens (including phenoxy) is 2. The zero-order valence-corrected chi connectivity index (χ0v) is 13.6. The molecule has 0 bridgehead atoms. The van der Waals surface area contributed by atoms with Crippen molar-refractivity contribution >= 4 is 11.9 Å². The Labute approximate surface area is 132 Å². The highest BCUT2D eigenvalue weighted by atomic mass is 16.5. The third-order valence-electron chi connectivity index (χ3n) is 3.24. The topological polar surface area (TPSA) is 52.6 Å². The Morgan fingerprint density at radius 2 is 1.27 bits per heavy atom. The lowest BCUT2D eigenvalue weighted by atomic mass is 10.2. The van der Waals surface area contributed by atoms with E-state index < -0.39 is 0 Å². The number of carbonyl (C=O) groups is 2. The van der Waals surface area contributed by atoms with Crippen LogP contribution in [0, 0.1) is 0 Å².